The molecule has 0 bridgehead atoms. The van der Waals surface area contributed by atoms with Crippen molar-refractivity contribution in [2.24, 2.45) is 22.2 Å². The summed E-state index contributed by atoms with van der Waals surface area (Å²) >= 11 is 0. The average Bonchev–Trinajstić information content (AvgIpc) is 3.29. The molecule has 0 saturated heterocycles. The van der Waals surface area contributed by atoms with Gasteiger partial charge in [0, 0.05) is 30.1 Å². The molecule has 0 aliphatic heterocycles. The number of carboxylic acid groups (broad SMARTS) is 1. The molecule has 0 saturated carbocycles. The van der Waals surface area contributed by atoms with Crippen molar-refractivity contribution in [3.05, 3.63) is 36.0 Å². The number of guanidine groups is 1. The molecule has 0 aliphatic rings. The number of benzene rings is 1. The molecule has 0 fully saturated rings. The van der Waals surface area contributed by atoms with Crippen molar-refractivity contribution in [1.29, 1.82) is 0 Å². The molecule has 1 aromatic heterocycles. The van der Waals surface area contributed by atoms with E-state index in [1.807, 2.05) is 18.2 Å². The van der Waals surface area contributed by atoms with Crippen LogP contribution in [0.1, 0.15) is 32.3 Å². The number of aliphatic imine (C=N–C) groups is 1. The fourth-order valence-electron chi connectivity index (χ4n) is 3.90. The fraction of sp³-hybridized carbons (Fsp3) is 0.480. The topological polar surface area (TPSA) is 271 Å². The summed E-state index contributed by atoms with van der Waals surface area (Å²) in [5.74, 6) is -4.05. The number of aromatic nitrogens is 1. The molecule has 2 aromatic rings. The van der Waals surface area contributed by atoms with Gasteiger partial charge in [0.2, 0.25) is 17.7 Å². The number of carbonyl (C=O) groups excluding carboxylic acids is 3. The lowest BCUT2D eigenvalue weighted by Gasteiger charge is -2.27. The molecular weight excluding hydrogens is 524 g/mol. The van der Waals surface area contributed by atoms with Gasteiger partial charge in [-0.25, -0.2) is 4.79 Å². The Bertz CT molecular complexity index is 1210. The first kappa shape index (κ1) is 32.0. The molecule has 15 nitrogen and oxygen atoms in total. The molecule has 0 radical (unpaired) electrons. The maximum absolute atomic E-state index is 13.3. The van der Waals surface area contributed by atoms with Gasteiger partial charge in [-0.1, -0.05) is 18.2 Å². The van der Waals surface area contributed by atoms with Gasteiger partial charge in [-0.2, -0.15) is 0 Å². The number of H-pyrrole nitrogens is 1. The number of aliphatic carboxylic acids is 1. The van der Waals surface area contributed by atoms with E-state index < -0.39 is 60.1 Å². The van der Waals surface area contributed by atoms with Crippen molar-refractivity contribution in [3.8, 4) is 0 Å². The van der Waals surface area contributed by atoms with E-state index in [9.17, 15) is 34.5 Å². The van der Waals surface area contributed by atoms with Crippen LogP contribution >= 0.6 is 0 Å². The average molecular weight is 563 g/mol. The SMILES string of the molecule is CC(O)C(N)C(=O)NC(C(=O)NC(Cc1c[nH]c2ccccc12)C(=O)NC(CCCN=C(N)N)C(=O)O)C(C)O. The lowest BCUT2D eigenvalue weighted by atomic mass is 10.0. The molecule has 0 spiro atoms. The van der Waals surface area contributed by atoms with E-state index >= 15 is 0 Å². The van der Waals surface area contributed by atoms with E-state index in [4.69, 9.17) is 17.2 Å². The maximum Gasteiger partial charge on any atom is 0.326 e. The van der Waals surface area contributed by atoms with E-state index in [1.54, 1.807) is 12.3 Å². The molecule has 0 aliphatic carbocycles. The number of aliphatic hydroxyl groups is 2. The zero-order chi connectivity index (χ0) is 30.0. The molecule has 40 heavy (non-hydrogen) atoms. The molecule has 1 aromatic carbocycles. The molecule has 6 atom stereocenters. The van der Waals surface area contributed by atoms with Crippen LogP contribution in [0.5, 0.6) is 0 Å². The molecule has 13 N–H and O–H groups in total. The van der Waals surface area contributed by atoms with Crippen molar-refractivity contribution in [2.75, 3.05) is 6.54 Å². The number of rotatable bonds is 15. The van der Waals surface area contributed by atoms with Crippen LogP contribution in [0.25, 0.3) is 10.9 Å². The highest BCUT2D eigenvalue weighted by Crippen LogP contribution is 2.19. The van der Waals surface area contributed by atoms with Gasteiger partial charge >= 0.3 is 5.97 Å². The van der Waals surface area contributed by atoms with Crippen molar-refractivity contribution in [1.82, 2.24) is 20.9 Å². The predicted molar refractivity (Wildman–Crippen MR) is 147 cm³/mol. The Labute approximate surface area is 230 Å². The van der Waals surface area contributed by atoms with Crippen LogP contribution in [0, 0.1) is 0 Å². The number of hydrogen-bond acceptors (Lipinski definition) is 8. The Hall–Kier alpha value is -4.21. The highest BCUT2D eigenvalue weighted by Gasteiger charge is 2.33. The number of hydrogen-bond donors (Lipinski definition) is 10. The summed E-state index contributed by atoms with van der Waals surface area (Å²) in [4.78, 5) is 57.6. The van der Waals surface area contributed by atoms with Crippen molar-refractivity contribution < 1.29 is 34.5 Å². The second kappa shape index (κ2) is 14.8. The van der Waals surface area contributed by atoms with Crippen LogP contribution < -0.4 is 33.2 Å². The number of aliphatic hydroxyl groups excluding tert-OH is 2. The lowest BCUT2D eigenvalue weighted by molar-refractivity contribution is -0.142. The fourth-order valence-corrected chi connectivity index (χ4v) is 3.90. The van der Waals surface area contributed by atoms with E-state index in [0.717, 1.165) is 10.9 Å². The van der Waals surface area contributed by atoms with E-state index in [1.165, 1.54) is 13.8 Å². The van der Waals surface area contributed by atoms with Gasteiger partial charge in [-0.3, -0.25) is 19.4 Å². The summed E-state index contributed by atoms with van der Waals surface area (Å²) in [5, 5.41) is 37.4. The van der Waals surface area contributed by atoms with Crippen molar-refractivity contribution in [2.45, 2.75) is 69.5 Å². The molecule has 2 rings (SSSR count). The minimum atomic E-state index is -1.52. The normalized spacial score (nSPS) is 15.6. The Kier molecular flexibility index (Phi) is 11.8. The van der Waals surface area contributed by atoms with Gasteiger partial charge in [0.05, 0.1) is 12.2 Å². The van der Waals surface area contributed by atoms with E-state index in [-0.39, 0.29) is 31.8 Å². The number of carbonyl (C=O) groups is 4. The molecule has 220 valence electrons. The van der Waals surface area contributed by atoms with Gasteiger partial charge in [0.1, 0.15) is 24.2 Å². The van der Waals surface area contributed by atoms with Crippen LogP contribution in [0.15, 0.2) is 35.5 Å². The summed E-state index contributed by atoms with van der Waals surface area (Å²) in [6, 6.07) is 1.78. The summed E-state index contributed by atoms with van der Waals surface area (Å²) in [5.41, 5.74) is 17.6. The number of amides is 3. The number of fused-ring (bicyclic) bond motifs is 1. The highest BCUT2D eigenvalue weighted by atomic mass is 16.4. The third kappa shape index (κ3) is 9.21. The summed E-state index contributed by atoms with van der Waals surface area (Å²) < 4.78 is 0. The van der Waals surface area contributed by atoms with Crippen LogP contribution in [-0.4, -0.2) is 92.9 Å². The van der Waals surface area contributed by atoms with Gasteiger partial charge in [0.15, 0.2) is 5.96 Å². The lowest BCUT2D eigenvalue weighted by Crippen LogP contribution is -2.61. The first-order valence-corrected chi connectivity index (χ1v) is 12.7. The first-order chi connectivity index (χ1) is 18.8. The molecular formula is C25H38N8O7. The Morgan fingerprint density at radius 2 is 1.60 bits per heavy atom. The van der Waals surface area contributed by atoms with Gasteiger partial charge in [0.25, 0.3) is 0 Å². The Balaban J connectivity index is 2.29. The standard InChI is InChI=1S/C25H38N8O7/c1-12(34)19(26)22(37)33-20(13(2)35)23(38)32-18(10-14-11-30-16-7-4-3-6-15(14)16)21(36)31-17(24(39)40)8-5-9-29-25(27)28/h3-4,6-7,11-13,17-20,30,34-35H,5,8-10,26H2,1-2H3,(H,31,36)(H,32,38)(H,33,37)(H,39,40)(H4,27,28,29). The number of aromatic amines is 1. The molecule has 1 heterocycles. The molecule has 3 amide bonds. The number of carboxylic acids is 1. The molecule has 6 unspecified atom stereocenters. The third-order valence-electron chi connectivity index (χ3n) is 6.18. The summed E-state index contributed by atoms with van der Waals surface area (Å²) in [6.07, 6.45) is -0.738. The minimum absolute atomic E-state index is 0.00912. The largest absolute Gasteiger partial charge is 0.480 e. The van der Waals surface area contributed by atoms with Crippen LogP contribution in [0.4, 0.5) is 0 Å². The van der Waals surface area contributed by atoms with Gasteiger partial charge in [-0.05, 0) is 38.3 Å². The number of nitrogens with zero attached hydrogens (tertiary/aromatic N) is 1. The predicted octanol–water partition coefficient (Wildman–Crippen LogP) is -2.61. The smallest absolute Gasteiger partial charge is 0.326 e. The van der Waals surface area contributed by atoms with Crippen LogP contribution in [0.2, 0.25) is 0 Å². The van der Waals surface area contributed by atoms with Gasteiger partial charge < -0.3 is 53.5 Å². The monoisotopic (exact) mass is 562 g/mol. The Morgan fingerprint density at radius 3 is 2.20 bits per heavy atom. The number of nitrogens with one attached hydrogen (secondary N) is 4. The zero-order valence-corrected chi connectivity index (χ0v) is 22.3. The summed E-state index contributed by atoms with van der Waals surface area (Å²) in [7, 11) is 0. The number of para-hydroxylation sites is 1. The maximum atomic E-state index is 13.3. The Morgan fingerprint density at radius 1 is 0.950 bits per heavy atom. The molecule has 15 heteroatoms. The summed E-state index contributed by atoms with van der Waals surface area (Å²) in [6.45, 7) is 2.70. The highest BCUT2D eigenvalue weighted by molar-refractivity contribution is 5.95. The first-order valence-electron chi connectivity index (χ1n) is 12.7. The number of nitrogens with two attached hydrogens (primary N) is 3. The van der Waals surface area contributed by atoms with Gasteiger partial charge in [-0.15, -0.1) is 0 Å². The second-order valence-electron chi connectivity index (χ2n) is 9.47. The zero-order valence-electron chi connectivity index (χ0n) is 22.3. The van der Waals surface area contributed by atoms with E-state index in [0.29, 0.717) is 5.56 Å². The second-order valence-corrected chi connectivity index (χ2v) is 9.47. The quantitative estimate of drug-likeness (QED) is 0.0613. The third-order valence-corrected chi connectivity index (χ3v) is 6.18. The van der Waals surface area contributed by atoms with Crippen LogP contribution in [-0.2, 0) is 25.6 Å². The minimum Gasteiger partial charge on any atom is -0.480 e. The van der Waals surface area contributed by atoms with E-state index in [2.05, 4.69) is 25.9 Å². The van der Waals surface area contributed by atoms with Crippen molar-refractivity contribution >= 4 is 40.6 Å². The van der Waals surface area contributed by atoms with Crippen molar-refractivity contribution in [3.63, 3.8) is 0 Å². The van der Waals surface area contributed by atoms with Crippen LogP contribution in [0.3, 0.4) is 0 Å².